The quantitative estimate of drug-likeness (QED) is 0.749. The number of ether oxygens (including phenoxy) is 1. The third kappa shape index (κ3) is 3.88. The van der Waals surface area contributed by atoms with Crippen molar-refractivity contribution >= 4 is 5.97 Å². The molecule has 0 fully saturated rings. The minimum absolute atomic E-state index is 0.109. The number of carbonyl (C=O) groups excluding carboxylic acids is 1. The Morgan fingerprint density at radius 1 is 1.30 bits per heavy atom. The van der Waals surface area contributed by atoms with Gasteiger partial charge in [-0.1, -0.05) is 36.8 Å². The topological polar surface area (TPSA) is 69.9 Å². The van der Waals surface area contributed by atoms with Crippen LogP contribution in [0.1, 0.15) is 30.3 Å². The third-order valence-corrected chi connectivity index (χ3v) is 2.87. The highest BCUT2D eigenvalue weighted by molar-refractivity contribution is 5.72. The smallest absolute Gasteiger partial charge is 0.310 e. The zero-order valence-electron chi connectivity index (χ0n) is 11.7. The van der Waals surface area contributed by atoms with Crippen LogP contribution in [0.5, 0.6) is 0 Å². The summed E-state index contributed by atoms with van der Waals surface area (Å²) in [6, 6.07) is 7.81. The molecule has 106 valence electrons. The van der Waals surface area contributed by atoms with Crippen LogP contribution < -0.4 is 0 Å². The van der Waals surface area contributed by atoms with Gasteiger partial charge in [-0.05, 0) is 29.3 Å². The van der Waals surface area contributed by atoms with Gasteiger partial charge < -0.3 is 4.74 Å². The Labute approximate surface area is 117 Å². The lowest BCUT2D eigenvalue weighted by molar-refractivity contribution is -0.144. The van der Waals surface area contributed by atoms with Crippen LogP contribution in [-0.4, -0.2) is 26.2 Å². The second-order valence-corrected chi connectivity index (χ2v) is 4.64. The van der Waals surface area contributed by atoms with E-state index < -0.39 is 0 Å². The molecule has 0 aliphatic heterocycles. The standard InChI is InChI=1S/C14H18N4O2/c1-3-8-18-13(15-16-17-18)10-20-14(19)9-12-6-4-11(2)5-7-12/h4-7H,3,8-10H2,1-2H3. The lowest BCUT2D eigenvalue weighted by atomic mass is 10.1. The van der Waals surface area contributed by atoms with E-state index in [0.29, 0.717) is 5.82 Å². The molecular weight excluding hydrogens is 256 g/mol. The zero-order valence-corrected chi connectivity index (χ0v) is 11.7. The Morgan fingerprint density at radius 3 is 2.75 bits per heavy atom. The molecule has 0 amide bonds. The van der Waals surface area contributed by atoms with Crippen LogP contribution in [0.15, 0.2) is 24.3 Å². The Balaban J connectivity index is 1.85. The molecule has 0 bridgehead atoms. The second-order valence-electron chi connectivity index (χ2n) is 4.64. The van der Waals surface area contributed by atoms with E-state index in [4.69, 9.17) is 4.74 Å². The van der Waals surface area contributed by atoms with Gasteiger partial charge in [-0.3, -0.25) is 4.79 Å². The first kappa shape index (κ1) is 14.2. The summed E-state index contributed by atoms with van der Waals surface area (Å²) in [6.45, 7) is 4.88. The molecule has 20 heavy (non-hydrogen) atoms. The van der Waals surface area contributed by atoms with E-state index >= 15 is 0 Å². The van der Waals surface area contributed by atoms with Gasteiger partial charge in [0.15, 0.2) is 12.4 Å². The van der Waals surface area contributed by atoms with Gasteiger partial charge in [-0.15, -0.1) is 5.10 Å². The second kappa shape index (κ2) is 6.79. The van der Waals surface area contributed by atoms with E-state index in [-0.39, 0.29) is 19.0 Å². The number of hydrogen-bond acceptors (Lipinski definition) is 5. The average molecular weight is 274 g/mol. The lowest BCUT2D eigenvalue weighted by Gasteiger charge is -2.05. The van der Waals surface area contributed by atoms with Gasteiger partial charge in [-0.25, -0.2) is 4.68 Å². The molecular formula is C14H18N4O2. The summed E-state index contributed by atoms with van der Waals surface area (Å²) in [5.74, 6) is 0.295. The molecule has 0 radical (unpaired) electrons. The van der Waals surface area contributed by atoms with Crippen LogP contribution in [0.2, 0.25) is 0 Å². The minimum Gasteiger partial charge on any atom is -0.457 e. The molecule has 0 saturated carbocycles. The number of hydrogen-bond donors (Lipinski definition) is 0. The first-order chi connectivity index (χ1) is 9.69. The fraction of sp³-hybridized carbons (Fsp3) is 0.429. The number of aryl methyl sites for hydroxylation is 2. The molecule has 0 unspecified atom stereocenters. The van der Waals surface area contributed by atoms with Gasteiger partial charge in [0, 0.05) is 6.54 Å². The molecule has 0 saturated heterocycles. The molecule has 1 heterocycles. The van der Waals surface area contributed by atoms with Gasteiger partial charge >= 0.3 is 5.97 Å². The molecule has 0 aliphatic carbocycles. The molecule has 1 aromatic carbocycles. The van der Waals surface area contributed by atoms with Gasteiger partial charge in [0.1, 0.15) is 0 Å². The Hall–Kier alpha value is -2.24. The monoisotopic (exact) mass is 274 g/mol. The fourth-order valence-corrected chi connectivity index (χ4v) is 1.78. The number of tetrazole rings is 1. The van der Waals surface area contributed by atoms with E-state index in [1.807, 2.05) is 38.1 Å². The largest absolute Gasteiger partial charge is 0.457 e. The van der Waals surface area contributed by atoms with E-state index in [2.05, 4.69) is 15.5 Å². The lowest BCUT2D eigenvalue weighted by Crippen LogP contribution is -2.12. The van der Waals surface area contributed by atoms with Crippen molar-refractivity contribution in [2.45, 2.75) is 39.8 Å². The van der Waals surface area contributed by atoms with E-state index in [1.165, 1.54) is 5.56 Å². The van der Waals surface area contributed by atoms with E-state index in [9.17, 15) is 4.79 Å². The normalized spacial score (nSPS) is 10.5. The van der Waals surface area contributed by atoms with Crippen molar-refractivity contribution in [3.8, 4) is 0 Å². The van der Waals surface area contributed by atoms with Crippen LogP contribution in [0.25, 0.3) is 0 Å². The van der Waals surface area contributed by atoms with Crippen LogP contribution in [0.3, 0.4) is 0 Å². The Kier molecular flexibility index (Phi) is 4.81. The SMILES string of the molecule is CCCn1nnnc1COC(=O)Cc1ccc(C)cc1. The predicted molar refractivity (Wildman–Crippen MR) is 72.8 cm³/mol. The van der Waals surface area contributed by atoms with Crippen molar-refractivity contribution in [3.63, 3.8) is 0 Å². The molecule has 6 nitrogen and oxygen atoms in total. The number of nitrogens with zero attached hydrogens (tertiary/aromatic N) is 4. The maximum absolute atomic E-state index is 11.8. The van der Waals surface area contributed by atoms with Crippen molar-refractivity contribution in [1.82, 2.24) is 20.2 Å². The maximum atomic E-state index is 11.8. The zero-order chi connectivity index (χ0) is 14.4. The van der Waals surface area contributed by atoms with Gasteiger partial charge in [0.2, 0.25) is 0 Å². The molecule has 2 aromatic rings. The number of carbonyl (C=O) groups is 1. The van der Waals surface area contributed by atoms with Crippen LogP contribution in [0.4, 0.5) is 0 Å². The first-order valence-corrected chi connectivity index (χ1v) is 6.65. The van der Waals surface area contributed by atoms with Crippen LogP contribution in [0, 0.1) is 6.92 Å². The van der Waals surface area contributed by atoms with Crippen LogP contribution in [-0.2, 0) is 29.1 Å². The fourth-order valence-electron chi connectivity index (χ4n) is 1.78. The number of esters is 1. The molecule has 0 spiro atoms. The van der Waals surface area contributed by atoms with Crippen LogP contribution >= 0.6 is 0 Å². The number of aromatic nitrogens is 4. The summed E-state index contributed by atoms with van der Waals surface area (Å²) in [5, 5.41) is 11.3. The highest BCUT2D eigenvalue weighted by atomic mass is 16.5. The molecule has 1 aromatic heterocycles. The molecule has 0 aliphatic rings. The molecule has 2 rings (SSSR count). The van der Waals surface area contributed by atoms with Crippen molar-refractivity contribution in [1.29, 1.82) is 0 Å². The first-order valence-electron chi connectivity index (χ1n) is 6.65. The summed E-state index contributed by atoms with van der Waals surface area (Å²) >= 11 is 0. The van der Waals surface area contributed by atoms with Crippen molar-refractivity contribution in [2.75, 3.05) is 0 Å². The van der Waals surface area contributed by atoms with Gasteiger partial charge in [0.25, 0.3) is 0 Å². The average Bonchev–Trinajstić information content (AvgIpc) is 2.87. The summed E-state index contributed by atoms with van der Waals surface area (Å²) in [5.41, 5.74) is 2.11. The van der Waals surface area contributed by atoms with Crippen molar-refractivity contribution in [2.24, 2.45) is 0 Å². The molecule has 6 heteroatoms. The minimum atomic E-state index is -0.278. The summed E-state index contributed by atoms with van der Waals surface area (Å²) in [6.07, 6.45) is 1.19. The van der Waals surface area contributed by atoms with Crippen molar-refractivity contribution in [3.05, 3.63) is 41.2 Å². The Bertz CT molecular complexity index is 563. The third-order valence-electron chi connectivity index (χ3n) is 2.87. The Morgan fingerprint density at radius 2 is 2.05 bits per heavy atom. The summed E-state index contributed by atoms with van der Waals surface area (Å²) < 4.78 is 6.86. The summed E-state index contributed by atoms with van der Waals surface area (Å²) in [7, 11) is 0. The molecule has 0 N–H and O–H groups in total. The molecule has 0 atom stereocenters. The number of benzene rings is 1. The van der Waals surface area contributed by atoms with Crippen molar-refractivity contribution < 1.29 is 9.53 Å². The maximum Gasteiger partial charge on any atom is 0.310 e. The van der Waals surface area contributed by atoms with E-state index in [0.717, 1.165) is 18.5 Å². The van der Waals surface area contributed by atoms with E-state index in [1.54, 1.807) is 4.68 Å². The number of rotatable bonds is 6. The highest BCUT2D eigenvalue weighted by Crippen LogP contribution is 2.06. The highest BCUT2D eigenvalue weighted by Gasteiger charge is 2.09. The van der Waals surface area contributed by atoms with Gasteiger partial charge in [-0.2, -0.15) is 0 Å². The predicted octanol–water partition coefficient (Wildman–Crippen LogP) is 1.68. The summed E-state index contributed by atoms with van der Waals surface area (Å²) in [4.78, 5) is 11.8. The van der Waals surface area contributed by atoms with Gasteiger partial charge in [0.05, 0.1) is 6.42 Å².